The molecule has 34 heavy (non-hydrogen) atoms. The Bertz CT molecular complexity index is 1270. The number of aliphatic hydroxyl groups excluding tert-OH is 1. The Morgan fingerprint density at radius 2 is 1.79 bits per heavy atom. The molecule has 1 aliphatic heterocycles. The normalized spacial score (nSPS) is 17.6. The summed E-state index contributed by atoms with van der Waals surface area (Å²) >= 11 is 0. The number of ether oxygens (including phenoxy) is 1. The first-order chi connectivity index (χ1) is 16.2. The molecule has 1 saturated heterocycles. The van der Waals surface area contributed by atoms with Gasteiger partial charge in [-0.3, -0.25) is 14.5 Å². The lowest BCUT2D eigenvalue weighted by atomic mass is 9.98. The second-order valence-electron chi connectivity index (χ2n) is 9.14. The average molecular weight is 460 g/mol. The van der Waals surface area contributed by atoms with E-state index < -0.39 is 17.7 Å². The molecule has 4 rings (SSSR count). The number of rotatable bonds is 6. The number of hydrogen-bond donors (Lipinski definition) is 1. The quantitative estimate of drug-likeness (QED) is 0.283. The maximum atomic E-state index is 13.2. The van der Waals surface area contributed by atoms with Gasteiger partial charge in [0.1, 0.15) is 23.3 Å². The number of aliphatic hydroxyl groups is 1. The van der Waals surface area contributed by atoms with Crippen LogP contribution in [0, 0.1) is 26.7 Å². The van der Waals surface area contributed by atoms with E-state index >= 15 is 0 Å². The number of carbonyl (C=O) groups excluding carboxylic acids is 2. The molecule has 0 bridgehead atoms. The molecule has 1 amide bonds. The Labute approximate surface area is 199 Å². The van der Waals surface area contributed by atoms with Crippen LogP contribution in [0.15, 0.2) is 64.8 Å². The smallest absolute Gasteiger partial charge is 0.300 e. The number of hydrogen-bond acceptors (Lipinski definition) is 5. The van der Waals surface area contributed by atoms with Crippen molar-refractivity contribution in [1.82, 2.24) is 0 Å². The van der Waals surface area contributed by atoms with Crippen LogP contribution in [0.25, 0.3) is 5.76 Å². The van der Waals surface area contributed by atoms with Crippen LogP contribution in [-0.4, -0.2) is 23.4 Å². The van der Waals surface area contributed by atoms with E-state index in [2.05, 4.69) is 13.8 Å². The summed E-state index contributed by atoms with van der Waals surface area (Å²) in [6.07, 6.45) is 1.49. The molecule has 0 saturated carbocycles. The monoisotopic (exact) mass is 459 g/mol. The van der Waals surface area contributed by atoms with E-state index in [1.807, 2.05) is 32.9 Å². The van der Waals surface area contributed by atoms with Crippen LogP contribution in [0.4, 0.5) is 5.69 Å². The van der Waals surface area contributed by atoms with Gasteiger partial charge in [-0.1, -0.05) is 19.9 Å². The van der Waals surface area contributed by atoms with Crippen molar-refractivity contribution in [3.05, 3.63) is 88.4 Å². The van der Waals surface area contributed by atoms with E-state index in [1.54, 1.807) is 36.4 Å². The van der Waals surface area contributed by atoms with Crippen molar-refractivity contribution < 1.29 is 23.8 Å². The zero-order valence-corrected chi connectivity index (χ0v) is 20.1. The molecule has 1 atom stereocenters. The second kappa shape index (κ2) is 9.21. The third-order valence-corrected chi connectivity index (χ3v) is 6.05. The number of aryl methyl sites for hydroxylation is 3. The number of furan rings is 1. The number of benzene rings is 2. The van der Waals surface area contributed by atoms with E-state index in [1.165, 1.54) is 11.2 Å². The average Bonchev–Trinajstić information content (AvgIpc) is 3.41. The minimum absolute atomic E-state index is 0.00609. The fraction of sp³-hybridized carbons (Fsp3) is 0.286. The van der Waals surface area contributed by atoms with E-state index in [0.29, 0.717) is 35.3 Å². The van der Waals surface area contributed by atoms with Crippen molar-refractivity contribution in [2.45, 2.75) is 40.7 Å². The predicted octanol–water partition coefficient (Wildman–Crippen LogP) is 5.87. The summed E-state index contributed by atoms with van der Waals surface area (Å²) in [4.78, 5) is 27.8. The van der Waals surface area contributed by atoms with Crippen molar-refractivity contribution in [2.24, 2.45) is 5.92 Å². The van der Waals surface area contributed by atoms with Gasteiger partial charge in [0, 0.05) is 11.3 Å². The van der Waals surface area contributed by atoms with Crippen LogP contribution in [-0.2, 0) is 9.59 Å². The van der Waals surface area contributed by atoms with E-state index in [4.69, 9.17) is 9.15 Å². The second-order valence-corrected chi connectivity index (χ2v) is 9.14. The van der Waals surface area contributed by atoms with E-state index in [9.17, 15) is 14.7 Å². The molecule has 1 fully saturated rings. The third-order valence-electron chi connectivity index (χ3n) is 6.05. The Hall–Kier alpha value is -3.80. The molecular weight excluding hydrogens is 430 g/mol. The van der Waals surface area contributed by atoms with Gasteiger partial charge in [-0.05, 0) is 85.8 Å². The zero-order valence-electron chi connectivity index (χ0n) is 20.1. The number of nitrogens with zero attached hydrogens (tertiary/aromatic N) is 1. The van der Waals surface area contributed by atoms with Crippen LogP contribution < -0.4 is 9.64 Å². The summed E-state index contributed by atoms with van der Waals surface area (Å²) in [6.45, 7) is 10.5. The van der Waals surface area contributed by atoms with Crippen molar-refractivity contribution >= 4 is 23.1 Å². The molecule has 1 aliphatic rings. The molecule has 0 spiro atoms. The van der Waals surface area contributed by atoms with Gasteiger partial charge in [-0.2, -0.15) is 0 Å². The Morgan fingerprint density at radius 1 is 1.03 bits per heavy atom. The first kappa shape index (κ1) is 23.4. The van der Waals surface area contributed by atoms with E-state index in [-0.39, 0.29) is 11.3 Å². The Kier molecular flexibility index (Phi) is 6.33. The minimum atomic E-state index is -0.880. The largest absolute Gasteiger partial charge is 0.507 e. The summed E-state index contributed by atoms with van der Waals surface area (Å²) in [5.41, 5.74) is 3.88. The van der Waals surface area contributed by atoms with Gasteiger partial charge >= 0.3 is 0 Å². The Morgan fingerprint density at radius 3 is 2.41 bits per heavy atom. The fourth-order valence-electron chi connectivity index (χ4n) is 4.06. The fourth-order valence-corrected chi connectivity index (χ4v) is 4.06. The molecule has 6 nitrogen and oxygen atoms in total. The lowest BCUT2D eigenvalue weighted by Crippen LogP contribution is -2.29. The molecule has 1 aromatic heterocycles. The first-order valence-corrected chi connectivity index (χ1v) is 11.3. The van der Waals surface area contributed by atoms with Gasteiger partial charge in [0.05, 0.1) is 18.4 Å². The van der Waals surface area contributed by atoms with E-state index in [0.717, 1.165) is 16.7 Å². The molecule has 2 heterocycles. The SMILES string of the molecule is Cc1ccc(N2C(=O)C(=O)/C(=C(\O)c3ccc(OCC(C)C)c(C)c3)C2c2ccco2)cc1C. The van der Waals surface area contributed by atoms with Gasteiger partial charge in [-0.15, -0.1) is 0 Å². The summed E-state index contributed by atoms with van der Waals surface area (Å²) in [5, 5.41) is 11.3. The maximum absolute atomic E-state index is 13.2. The lowest BCUT2D eigenvalue weighted by molar-refractivity contribution is -0.132. The van der Waals surface area contributed by atoms with Crippen LogP contribution in [0.5, 0.6) is 5.75 Å². The summed E-state index contributed by atoms with van der Waals surface area (Å²) in [5.74, 6) is -0.225. The molecule has 6 heteroatoms. The highest BCUT2D eigenvalue weighted by atomic mass is 16.5. The maximum Gasteiger partial charge on any atom is 0.300 e. The molecule has 2 aromatic carbocycles. The third kappa shape index (κ3) is 4.23. The Balaban J connectivity index is 1.82. The molecule has 0 aliphatic carbocycles. The first-order valence-electron chi connectivity index (χ1n) is 11.3. The molecular formula is C28H29NO5. The highest BCUT2D eigenvalue weighted by Crippen LogP contribution is 2.43. The van der Waals surface area contributed by atoms with Gasteiger partial charge in [0.15, 0.2) is 0 Å². The lowest BCUT2D eigenvalue weighted by Gasteiger charge is -2.24. The molecule has 1 unspecified atom stereocenters. The van der Waals surface area contributed by atoms with Gasteiger partial charge in [0.25, 0.3) is 11.7 Å². The van der Waals surface area contributed by atoms with Crippen molar-refractivity contribution in [1.29, 1.82) is 0 Å². The van der Waals surface area contributed by atoms with Crippen molar-refractivity contribution in [3.63, 3.8) is 0 Å². The van der Waals surface area contributed by atoms with Gasteiger partial charge < -0.3 is 14.3 Å². The van der Waals surface area contributed by atoms with Crippen LogP contribution in [0.2, 0.25) is 0 Å². The number of ketones is 1. The van der Waals surface area contributed by atoms with Crippen LogP contribution >= 0.6 is 0 Å². The van der Waals surface area contributed by atoms with Crippen LogP contribution in [0.1, 0.15) is 47.9 Å². The van der Waals surface area contributed by atoms with Crippen LogP contribution in [0.3, 0.4) is 0 Å². The summed E-state index contributed by atoms with van der Waals surface area (Å²) in [7, 11) is 0. The standard InChI is InChI=1S/C28H29NO5/c1-16(2)15-34-22-11-9-20(13-19(22)5)26(30)24-25(23-7-6-12-33-23)29(28(32)27(24)31)21-10-8-17(3)18(4)14-21/h6-14,16,25,30H,15H2,1-5H3/b26-24-. The summed E-state index contributed by atoms with van der Waals surface area (Å²) in [6, 6.07) is 13.3. The number of carbonyl (C=O) groups is 2. The number of Topliss-reactive ketones (excluding diaryl/α,β-unsaturated/α-hetero) is 1. The highest BCUT2D eigenvalue weighted by molar-refractivity contribution is 6.51. The zero-order chi connectivity index (χ0) is 24.6. The number of amides is 1. The molecule has 176 valence electrons. The summed E-state index contributed by atoms with van der Waals surface area (Å²) < 4.78 is 11.5. The molecule has 1 N–H and O–H groups in total. The molecule has 3 aromatic rings. The van der Waals surface area contributed by atoms with Crippen molar-refractivity contribution in [3.8, 4) is 5.75 Å². The topological polar surface area (TPSA) is 80.0 Å². The van der Waals surface area contributed by atoms with Gasteiger partial charge in [-0.25, -0.2) is 0 Å². The highest BCUT2D eigenvalue weighted by Gasteiger charge is 2.48. The van der Waals surface area contributed by atoms with Gasteiger partial charge in [0.2, 0.25) is 0 Å². The predicted molar refractivity (Wildman–Crippen MR) is 131 cm³/mol. The van der Waals surface area contributed by atoms with Crippen molar-refractivity contribution in [2.75, 3.05) is 11.5 Å². The molecule has 0 radical (unpaired) electrons. The number of anilines is 1. The minimum Gasteiger partial charge on any atom is -0.507 e.